The van der Waals surface area contributed by atoms with Crippen molar-refractivity contribution in [1.82, 2.24) is 15.6 Å². The molecule has 246 valence electrons. The third kappa shape index (κ3) is 11.7. The van der Waals surface area contributed by atoms with Gasteiger partial charge in [0.05, 0.1) is 10.9 Å². The molecular formula is C32H41Cl3N4O6. The second-order valence-corrected chi connectivity index (χ2v) is 14.3. The molecule has 13 heteroatoms. The van der Waals surface area contributed by atoms with Gasteiger partial charge in [-0.25, -0.2) is 0 Å². The molecule has 0 aliphatic heterocycles. The normalized spacial score (nSPS) is 15.7. The number of aromatic nitrogens is 1. The van der Waals surface area contributed by atoms with Crippen LogP contribution in [0.4, 0.5) is 0 Å². The minimum Gasteiger partial charge on any atom is -0.460 e. The van der Waals surface area contributed by atoms with Gasteiger partial charge in [0.1, 0.15) is 18.7 Å². The van der Waals surface area contributed by atoms with Crippen molar-refractivity contribution in [2.75, 3.05) is 13.2 Å². The van der Waals surface area contributed by atoms with Crippen molar-refractivity contribution >= 4 is 75.5 Å². The number of benzene rings is 1. The number of nitrogens with one attached hydrogen (secondary N) is 2. The van der Waals surface area contributed by atoms with Gasteiger partial charge in [-0.2, -0.15) is 0 Å². The zero-order chi connectivity index (χ0) is 33.4. The van der Waals surface area contributed by atoms with E-state index in [-0.39, 0.29) is 18.9 Å². The molecule has 1 aromatic heterocycles. The van der Waals surface area contributed by atoms with Crippen LogP contribution in [0.25, 0.3) is 17.0 Å². The number of halogens is 3. The Kier molecular flexibility index (Phi) is 13.1. The number of amides is 2. The number of pyridine rings is 1. The van der Waals surface area contributed by atoms with Crippen molar-refractivity contribution in [2.24, 2.45) is 17.1 Å². The Labute approximate surface area is 278 Å². The minimum absolute atomic E-state index is 0.105. The minimum atomic E-state index is -1.73. The lowest BCUT2D eigenvalue weighted by Crippen LogP contribution is -2.50. The molecule has 1 aliphatic rings. The lowest BCUT2D eigenvalue weighted by Gasteiger charge is -2.25. The van der Waals surface area contributed by atoms with Gasteiger partial charge in [0.2, 0.25) is 9.70 Å². The Balaban J connectivity index is 1.49. The first-order valence-corrected chi connectivity index (χ1v) is 16.1. The molecule has 4 N–H and O–H groups in total. The molecule has 1 fully saturated rings. The first-order chi connectivity index (χ1) is 21.1. The quantitative estimate of drug-likeness (QED) is 0.138. The highest BCUT2D eigenvalue weighted by Crippen LogP contribution is 2.36. The van der Waals surface area contributed by atoms with E-state index in [1.165, 1.54) is 6.92 Å². The highest BCUT2D eigenvalue weighted by atomic mass is 35.6. The molecule has 2 aromatic rings. The topological polar surface area (TPSA) is 150 Å². The van der Waals surface area contributed by atoms with Gasteiger partial charge < -0.3 is 25.8 Å². The van der Waals surface area contributed by atoms with Crippen LogP contribution in [0.3, 0.4) is 0 Å². The van der Waals surface area contributed by atoms with Crippen molar-refractivity contribution in [1.29, 1.82) is 0 Å². The summed E-state index contributed by atoms with van der Waals surface area (Å²) in [6.07, 6.45) is 5.52. The van der Waals surface area contributed by atoms with Crippen molar-refractivity contribution in [2.45, 2.75) is 81.8 Å². The van der Waals surface area contributed by atoms with Gasteiger partial charge in [-0.05, 0) is 70.6 Å². The van der Waals surface area contributed by atoms with Crippen molar-refractivity contribution in [3.63, 3.8) is 0 Å². The molecule has 3 unspecified atom stereocenters. The van der Waals surface area contributed by atoms with Gasteiger partial charge in [0.25, 0.3) is 5.91 Å². The van der Waals surface area contributed by atoms with E-state index in [0.717, 1.165) is 41.4 Å². The van der Waals surface area contributed by atoms with E-state index < -0.39 is 57.8 Å². The van der Waals surface area contributed by atoms with E-state index in [1.807, 2.05) is 36.4 Å². The third-order valence-corrected chi connectivity index (χ3v) is 7.65. The second kappa shape index (κ2) is 16.1. The lowest BCUT2D eigenvalue weighted by molar-refractivity contribution is -0.163. The fourth-order valence-electron chi connectivity index (χ4n) is 4.31. The highest BCUT2D eigenvalue weighted by molar-refractivity contribution is 6.67. The summed E-state index contributed by atoms with van der Waals surface area (Å²) >= 11 is 16.7. The van der Waals surface area contributed by atoms with Crippen molar-refractivity contribution in [3.8, 4) is 0 Å². The number of hydrogen-bond donors (Lipinski definition) is 3. The molecule has 45 heavy (non-hydrogen) atoms. The molecular weight excluding hydrogens is 643 g/mol. The maximum absolute atomic E-state index is 13.2. The molecule has 0 spiro atoms. The maximum atomic E-state index is 13.2. The van der Waals surface area contributed by atoms with E-state index in [0.29, 0.717) is 6.42 Å². The van der Waals surface area contributed by atoms with Crippen LogP contribution in [-0.2, 0) is 35.1 Å². The highest BCUT2D eigenvalue weighted by Gasteiger charge is 2.42. The Morgan fingerprint density at radius 2 is 1.80 bits per heavy atom. The molecule has 3 atom stereocenters. The van der Waals surface area contributed by atoms with Crippen molar-refractivity contribution < 1.29 is 28.7 Å². The number of ether oxygens (including phenoxy) is 2. The SMILES string of the molecule is CCc1ccc2ccc(/C=C/C(C)(C)C(=O)OC(C(=O)NC(C)C(=O)NCCCC(N)C(=O)OCC(Cl)(Cl)Cl)C3CC3)cc2n1. The van der Waals surface area contributed by atoms with Crippen LogP contribution in [0.1, 0.15) is 64.6 Å². The van der Waals surface area contributed by atoms with Crippen molar-refractivity contribution in [3.05, 3.63) is 47.7 Å². The zero-order valence-corrected chi connectivity index (χ0v) is 28.2. The average Bonchev–Trinajstić information content (AvgIpc) is 3.83. The Morgan fingerprint density at radius 1 is 1.11 bits per heavy atom. The van der Waals surface area contributed by atoms with Crippen LogP contribution in [0.15, 0.2) is 36.4 Å². The van der Waals surface area contributed by atoms with Crippen LogP contribution >= 0.6 is 34.8 Å². The standard InChI is InChI=1S/C32H41Cl3N4O6/c1-5-23-13-12-21-9-8-20(17-25(21)39-23)14-15-31(3,4)30(43)45-26(22-10-11-22)28(41)38-19(2)27(40)37-16-6-7-24(36)29(42)44-18-32(33,34)35/h8-9,12-15,17,19,22,24,26H,5-7,10-11,16,18,36H2,1-4H3,(H,37,40)(H,38,41)/b15-14+. The van der Waals surface area contributed by atoms with Gasteiger partial charge in [0, 0.05) is 23.5 Å². The number of carbonyl (C=O) groups excluding carboxylic acids is 4. The Bertz CT molecular complexity index is 1410. The number of nitrogens with zero attached hydrogens (tertiary/aromatic N) is 1. The summed E-state index contributed by atoms with van der Waals surface area (Å²) in [4.78, 5) is 55.4. The smallest absolute Gasteiger partial charge is 0.323 e. The van der Waals surface area contributed by atoms with E-state index in [2.05, 4.69) is 22.5 Å². The maximum Gasteiger partial charge on any atom is 0.323 e. The largest absolute Gasteiger partial charge is 0.460 e. The predicted molar refractivity (Wildman–Crippen MR) is 176 cm³/mol. The van der Waals surface area contributed by atoms with E-state index in [9.17, 15) is 19.2 Å². The molecule has 1 aromatic carbocycles. The van der Waals surface area contributed by atoms with Gasteiger partial charge in [-0.15, -0.1) is 0 Å². The summed E-state index contributed by atoms with van der Waals surface area (Å²) in [5, 5.41) is 6.37. The number of esters is 2. The molecule has 0 bridgehead atoms. The van der Waals surface area contributed by atoms with Gasteiger partial charge in [0.15, 0.2) is 6.10 Å². The number of alkyl halides is 3. The summed E-state index contributed by atoms with van der Waals surface area (Å²) in [5.74, 6) is -2.33. The van der Waals surface area contributed by atoms with E-state index in [4.69, 9.17) is 50.0 Å². The van der Waals surface area contributed by atoms with E-state index in [1.54, 1.807) is 19.9 Å². The molecule has 1 heterocycles. The first-order valence-electron chi connectivity index (χ1n) is 15.0. The summed E-state index contributed by atoms with van der Waals surface area (Å²) in [6, 6.07) is 8.13. The number of fused-ring (bicyclic) bond motifs is 1. The first kappa shape index (κ1) is 36.5. The monoisotopic (exact) mass is 682 g/mol. The fraction of sp³-hybridized carbons (Fsp3) is 0.531. The summed E-state index contributed by atoms with van der Waals surface area (Å²) in [5.41, 5.74) is 7.54. The number of rotatable bonds is 15. The Hall–Kier alpha value is -2.92. The molecule has 0 saturated heterocycles. The van der Waals surface area contributed by atoms with Crippen LogP contribution < -0.4 is 16.4 Å². The van der Waals surface area contributed by atoms with Crippen LogP contribution in [0, 0.1) is 11.3 Å². The number of nitrogens with two attached hydrogens (primary N) is 1. The van der Waals surface area contributed by atoms with Crippen LogP contribution in [0.2, 0.25) is 0 Å². The van der Waals surface area contributed by atoms with Crippen LogP contribution in [-0.4, -0.2) is 63.9 Å². The number of aryl methyl sites for hydroxylation is 1. The number of carbonyl (C=O) groups is 4. The molecule has 0 radical (unpaired) electrons. The van der Waals surface area contributed by atoms with Gasteiger partial charge in [-0.1, -0.05) is 72.1 Å². The Morgan fingerprint density at radius 3 is 2.44 bits per heavy atom. The van der Waals surface area contributed by atoms with E-state index >= 15 is 0 Å². The summed E-state index contributed by atoms with van der Waals surface area (Å²) < 4.78 is 8.84. The third-order valence-electron chi connectivity index (χ3n) is 7.32. The summed E-state index contributed by atoms with van der Waals surface area (Å²) in [7, 11) is 0. The molecule has 1 saturated carbocycles. The van der Waals surface area contributed by atoms with Gasteiger partial charge >= 0.3 is 11.9 Å². The van der Waals surface area contributed by atoms with Gasteiger partial charge in [-0.3, -0.25) is 24.2 Å². The lowest BCUT2D eigenvalue weighted by atomic mass is 9.92. The van der Waals surface area contributed by atoms with Crippen LogP contribution in [0.5, 0.6) is 0 Å². The average molecular weight is 684 g/mol. The zero-order valence-electron chi connectivity index (χ0n) is 25.9. The second-order valence-electron chi connectivity index (χ2n) is 11.8. The molecule has 1 aliphatic carbocycles. The summed E-state index contributed by atoms with van der Waals surface area (Å²) in [6.45, 7) is 6.83. The fourth-order valence-corrected chi connectivity index (χ4v) is 4.47. The number of hydrogen-bond acceptors (Lipinski definition) is 8. The molecule has 2 amide bonds. The molecule has 10 nitrogen and oxygen atoms in total. The molecule has 3 rings (SSSR count). The predicted octanol–water partition coefficient (Wildman–Crippen LogP) is 4.80.